The summed E-state index contributed by atoms with van der Waals surface area (Å²) in [5.74, 6) is 0.486. The number of carbonyl (C=O) groups excluding carboxylic acids is 1. The van der Waals surface area contributed by atoms with E-state index in [9.17, 15) is 4.79 Å². The van der Waals surface area contributed by atoms with Crippen molar-refractivity contribution < 1.29 is 4.79 Å². The van der Waals surface area contributed by atoms with Crippen molar-refractivity contribution in [1.29, 1.82) is 0 Å². The van der Waals surface area contributed by atoms with Gasteiger partial charge >= 0.3 is 0 Å². The first-order chi connectivity index (χ1) is 10.4. The molecule has 0 unspecified atom stereocenters. The van der Waals surface area contributed by atoms with Crippen molar-refractivity contribution in [3.8, 4) is 0 Å². The lowest BCUT2D eigenvalue weighted by molar-refractivity contribution is -0.113. The third-order valence-electron chi connectivity index (χ3n) is 2.65. The van der Waals surface area contributed by atoms with Crippen LogP contribution < -0.4 is 11.1 Å². The number of aryl methyl sites for hydroxylation is 1. The van der Waals surface area contributed by atoms with Gasteiger partial charge in [-0.3, -0.25) is 4.79 Å². The zero-order chi connectivity index (χ0) is 16.3. The minimum atomic E-state index is -0.273. The first-order valence-corrected chi connectivity index (χ1v) is 7.95. The maximum atomic E-state index is 12.0. The number of thioether (sulfide) groups is 1. The molecule has 9 heteroatoms. The molecule has 0 aliphatic rings. The molecule has 0 spiro atoms. The van der Waals surface area contributed by atoms with E-state index in [-0.39, 0.29) is 17.5 Å². The molecule has 116 valence electrons. The van der Waals surface area contributed by atoms with Crippen LogP contribution in [0.3, 0.4) is 0 Å². The molecule has 0 atom stereocenters. The predicted octanol–water partition coefficient (Wildman–Crippen LogP) is 3.11. The van der Waals surface area contributed by atoms with E-state index in [1.165, 1.54) is 18.0 Å². The smallest absolute Gasteiger partial charge is 0.236 e. The molecule has 22 heavy (non-hydrogen) atoms. The lowest BCUT2D eigenvalue weighted by Crippen LogP contribution is -2.16. The van der Waals surface area contributed by atoms with Crippen LogP contribution in [0.4, 0.5) is 11.6 Å². The summed E-state index contributed by atoms with van der Waals surface area (Å²) in [5, 5.41) is 3.84. The van der Waals surface area contributed by atoms with Crippen LogP contribution >= 0.6 is 35.0 Å². The fourth-order valence-corrected chi connectivity index (χ4v) is 2.67. The number of nitrogens with two attached hydrogens (primary N) is 1. The van der Waals surface area contributed by atoms with Gasteiger partial charge in [-0.25, -0.2) is 15.0 Å². The second kappa shape index (κ2) is 7.13. The average Bonchev–Trinajstić information content (AvgIpc) is 2.45. The Balaban J connectivity index is 2.00. The molecule has 2 aromatic rings. The Kier molecular flexibility index (Phi) is 5.44. The molecular formula is C13H13Cl2N5OS. The van der Waals surface area contributed by atoms with E-state index < -0.39 is 0 Å². The van der Waals surface area contributed by atoms with Crippen LogP contribution in [-0.2, 0) is 4.79 Å². The highest BCUT2D eigenvalue weighted by atomic mass is 35.5. The largest absolute Gasteiger partial charge is 0.384 e. The number of nitrogens with zero attached hydrogens (tertiary/aromatic N) is 3. The SMILES string of the molecule is Cc1cc(N)nc(SCC(=O)Nc2ncc(Cl)c(C)c2Cl)n1. The fourth-order valence-electron chi connectivity index (χ4n) is 1.57. The van der Waals surface area contributed by atoms with E-state index in [2.05, 4.69) is 20.3 Å². The summed E-state index contributed by atoms with van der Waals surface area (Å²) < 4.78 is 0. The number of aromatic nitrogens is 3. The van der Waals surface area contributed by atoms with Gasteiger partial charge in [0.05, 0.1) is 15.8 Å². The lowest BCUT2D eigenvalue weighted by Gasteiger charge is -2.09. The van der Waals surface area contributed by atoms with E-state index >= 15 is 0 Å². The summed E-state index contributed by atoms with van der Waals surface area (Å²) in [6.45, 7) is 3.56. The quantitative estimate of drug-likeness (QED) is 0.644. The molecule has 2 aromatic heterocycles. The molecule has 0 aliphatic heterocycles. The third kappa shape index (κ3) is 4.22. The van der Waals surface area contributed by atoms with Gasteiger partial charge in [0.2, 0.25) is 5.91 Å². The van der Waals surface area contributed by atoms with Crippen LogP contribution in [0, 0.1) is 13.8 Å². The third-order valence-corrected chi connectivity index (χ3v) is 4.34. The Morgan fingerprint density at radius 2 is 2.09 bits per heavy atom. The Morgan fingerprint density at radius 3 is 2.77 bits per heavy atom. The highest BCUT2D eigenvalue weighted by Gasteiger charge is 2.12. The molecule has 0 saturated heterocycles. The second-order valence-electron chi connectivity index (χ2n) is 4.45. The number of amides is 1. The number of hydrogen-bond acceptors (Lipinski definition) is 6. The van der Waals surface area contributed by atoms with Crippen LogP contribution in [0.2, 0.25) is 10.0 Å². The van der Waals surface area contributed by atoms with Crippen molar-refractivity contribution in [3.05, 3.63) is 33.6 Å². The van der Waals surface area contributed by atoms with Crippen LogP contribution in [0.5, 0.6) is 0 Å². The number of nitrogen functional groups attached to an aromatic ring is 1. The van der Waals surface area contributed by atoms with Crippen molar-refractivity contribution in [1.82, 2.24) is 15.0 Å². The summed E-state index contributed by atoms with van der Waals surface area (Å²) in [6.07, 6.45) is 1.44. The number of hydrogen-bond donors (Lipinski definition) is 2. The van der Waals surface area contributed by atoms with Crippen molar-refractivity contribution in [3.63, 3.8) is 0 Å². The normalized spacial score (nSPS) is 10.5. The van der Waals surface area contributed by atoms with Gasteiger partial charge in [0.15, 0.2) is 11.0 Å². The van der Waals surface area contributed by atoms with Crippen LogP contribution in [0.1, 0.15) is 11.3 Å². The zero-order valence-electron chi connectivity index (χ0n) is 11.9. The number of pyridine rings is 1. The molecule has 0 bridgehead atoms. The number of anilines is 2. The fraction of sp³-hybridized carbons (Fsp3) is 0.231. The molecule has 0 radical (unpaired) electrons. The standard InChI is InChI=1S/C13H13Cl2N5OS/c1-6-3-9(16)19-13(18-6)22-5-10(21)20-12-11(15)7(2)8(14)4-17-12/h3-4H,5H2,1-2H3,(H2,16,18,19)(H,17,20,21). The minimum absolute atomic E-state index is 0.114. The van der Waals surface area contributed by atoms with Crippen molar-refractivity contribution >= 4 is 52.5 Å². The van der Waals surface area contributed by atoms with Gasteiger partial charge in [-0.1, -0.05) is 35.0 Å². The molecule has 0 aliphatic carbocycles. The molecule has 1 amide bonds. The predicted molar refractivity (Wildman–Crippen MR) is 89.5 cm³/mol. The Hall–Kier alpha value is -1.57. The maximum absolute atomic E-state index is 12.0. The van der Waals surface area contributed by atoms with Crippen LogP contribution in [-0.4, -0.2) is 26.6 Å². The number of nitrogens with one attached hydrogen (secondary N) is 1. The summed E-state index contributed by atoms with van der Waals surface area (Å²) in [4.78, 5) is 24.2. The van der Waals surface area contributed by atoms with E-state index in [1.54, 1.807) is 13.0 Å². The van der Waals surface area contributed by atoms with Gasteiger partial charge < -0.3 is 11.1 Å². The van der Waals surface area contributed by atoms with Crippen molar-refractivity contribution in [2.24, 2.45) is 0 Å². The van der Waals surface area contributed by atoms with Crippen molar-refractivity contribution in [2.75, 3.05) is 16.8 Å². The van der Waals surface area contributed by atoms with Crippen LogP contribution in [0.15, 0.2) is 17.4 Å². The first-order valence-electron chi connectivity index (χ1n) is 6.21. The van der Waals surface area contributed by atoms with E-state index in [4.69, 9.17) is 28.9 Å². The Bertz CT molecular complexity index is 706. The Morgan fingerprint density at radius 1 is 1.36 bits per heavy atom. The lowest BCUT2D eigenvalue weighted by atomic mass is 10.3. The topological polar surface area (TPSA) is 93.8 Å². The average molecular weight is 358 g/mol. The summed E-state index contributed by atoms with van der Waals surface area (Å²) >= 11 is 13.2. The second-order valence-corrected chi connectivity index (χ2v) is 6.18. The van der Waals surface area contributed by atoms with Gasteiger partial charge in [-0.15, -0.1) is 0 Å². The molecule has 0 fully saturated rings. The van der Waals surface area contributed by atoms with Gasteiger partial charge in [0.1, 0.15) is 5.82 Å². The van der Waals surface area contributed by atoms with E-state index in [0.29, 0.717) is 26.6 Å². The van der Waals surface area contributed by atoms with E-state index in [1.807, 2.05) is 6.92 Å². The molecule has 0 saturated carbocycles. The number of carbonyl (C=O) groups is 1. The maximum Gasteiger partial charge on any atom is 0.236 e. The monoisotopic (exact) mass is 357 g/mol. The molecule has 2 rings (SSSR count). The minimum Gasteiger partial charge on any atom is -0.384 e. The molecule has 6 nitrogen and oxygen atoms in total. The molecular weight excluding hydrogens is 345 g/mol. The first kappa shape index (κ1) is 16.8. The molecule has 2 heterocycles. The van der Waals surface area contributed by atoms with Gasteiger partial charge in [0, 0.05) is 18.0 Å². The molecule has 0 aromatic carbocycles. The van der Waals surface area contributed by atoms with Gasteiger partial charge in [-0.2, -0.15) is 0 Å². The summed E-state index contributed by atoms with van der Waals surface area (Å²) in [5.41, 5.74) is 7.04. The highest BCUT2D eigenvalue weighted by molar-refractivity contribution is 7.99. The number of rotatable bonds is 4. The van der Waals surface area contributed by atoms with Crippen molar-refractivity contribution in [2.45, 2.75) is 19.0 Å². The van der Waals surface area contributed by atoms with Crippen LogP contribution in [0.25, 0.3) is 0 Å². The zero-order valence-corrected chi connectivity index (χ0v) is 14.2. The molecule has 3 N–H and O–H groups in total. The summed E-state index contributed by atoms with van der Waals surface area (Å²) in [6, 6.07) is 1.66. The Labute approximate surface area is 141 Å². The van der Waals surface area contributed by atoms with E-state index in [0.717, 1.165) is 5.69 Å². The van der Waals surface area contributed by atoms with Gasteiger partial charge in [-0.05, 0) is 19.4 Å². The highest BCUT2D eigenvalue weighted by Crippen LogP contribution is 2.28. The van der Waals surface area contributed by atoms with Gasteiger partial charge in [0.25, 0.3) is 0 Å². The number of halogens is 2. The summed E-state index contributed by atoms with van der Waals surface area (Å²) in [7, 11) is 0.